The maximum atomic E-state index is 12.9. The van der Waals surface area contributed by atoms with E-state index in [0.717, 1.165) is 17.4 Å². The highest BCUT2D eigenvalue weighted by Crippen LogP contribution is 2.36. The zero-order valence-electron chi connectivity index (χ0n) is 16.4. The third kappa shape index (κ3) is 3.90. The van der Waals surface area contributed by atoms with Crippen molar-refractivity contribution in [3.05, 3.63) is 29.5 Å². The summed E-state index contributed by atoms with van der Waals surface area (Å²) in [6, 6.07) is 5.50. The molecule has 4 nitrogen and oxygen atoms in total. The number of ketones is 1. The number of aliphatic hydroxyl groups is 1. The van der Waals surface area contributed by atoms with Gasteiger partial charge in [-0.15, -0.1) is 0 Å². The summed E-state index contributed by atoms with van der Waals surface area (Å²) in [6.07, 6.45) is 0.643. The van der Waals surface area contributed by atoms with Crippen LogP contribution in [0.3, 0.4) is 0 Å². The van der Waals surface area contributed by atoms with Crippen molar-refractivity contribution in [2.45, 2.75) is 60.5 Å². The minimum absolute atomic E-state index is 0.0563. The van der Waals surface area contributed by atoms with Gasteiger partial charge >= 0.3 is 0 Å². The van der Waals surface area contributed by atoms with Gasteiger partial charge in [0.15, 0.2) is 5.76 Å². The standard InChI is InChI=1S/C21H30O4/c1-8-21(5,6)17(22)12-15-14-11-13(24-7)9-10-16(14)25-18(15)19(23)20(2,3)4/h9-11,17,22H,8,12H2,1-7H3. The van der Waals surface area contributed by atoms with Crippen LogP contribution in [0.15, 0.2) is 22.6 Å². The maximum absolute atomic E-state index is 12.9. The topological polar surface area (TPSA) is 59.7 Å². The molecule has 0 saturated heterocycles. The van der Waals surface area contributed by atoms with Crippen LogP contribution in [0.4, 0.5) is 0 Å². The number of aliphatic hydroxyl groups excluding tert-OH is 1. The molecule has 1 N–H and O–H groups in total. The minimum Gasteiger partial charge on any atom is -0.497 e. The van der Waals surface area contributed by atoms with Gasteiger partial charge in [0.1, 0.15) is 11.3 Å². The lowest BCUT2D eigenvalue weighted by molar-refractivity contribution is 0.0476. The molecule has 1 heterocycles. The maximum Gasteiger partial charge on any atom is 0.203 e. The van der Waals surface area contributed by atoms with Gasteiger partial charge in [0.25, 0.3) is 0 Å². The molecule has 0 aliphatic carbocycles. The lowest BCUT2D eigenvalue weighted by Crippen LogP contribution is -2.31. The molecule has 25 heavy (non-hydrogen) atoms. The van der Waals surface area contributed by atoms with E-state index >= 15 is 0 Å². The van der Waals surface area contributed by atoms with Crippen molar-refractivity contribution in [3.8, 4) is 5.75 Å². The van der Waals surface area contributed by atoms with Gasteiger partial charge in [-0.25, -0.2) is 0 Å². The molecule has 1 aromatic carbocycles. The first-order chi connectivity index (χ1) is 11.5. The molecule has 0 fully saturated rings. The van der Waals surface area contributed by atoms with Crippen LogP contribution in [0.5, 0.6) is 5.75 Å². The predicted octanol–water partition coefficient (Wildman–Crippen LogP) is 5.01. The fourth-order valence-electron chi connectivity index (χ4n) is 2.69. The van der Waals surface area contributed by atoms with Gasteiger partial charge in [-0.3, -0.25) is 4.79 Å². The lowest BCUT2D eigenvalue weighted by Gasteiger charge is -2.29. The molecule has 0 bridgehead atoms. The van der Waals surface area contributed by atoms with E-state index < -0.39 is 11.5 Å². The Hall–Kier alpha value is -1.81. The Bertz CT molecular complexity index is 762. The number of carbonyl (C=O) groups is 1. The third-order valence-corrected chi connectivity index (χ3v) is 5.10. The van der Waals surface area contributed by atoms with Crippen molar-refractivity contribution in [1.29, 1.82) is 0 Å². The van der Waals surface area contributed by atoms with Crippen LogP contribution in [-0.4, -0.2) is 24.1 Å². The fourth-order valence-corrected chi connectivity index (χ4v) is 2.69. The van der Waals surface area contributed by atoms with Crippen molar-refractivity contribution in [2.24, 2.45) is 10.8 Å². The lowest BCUT2D eigenvalue weighted by atomic mass is 9.79. The molecular formula is C21H30O4. The van der Waals surface area contributed by atoms with Crippen LogP contribution >= 0.6 is 0 Å². The largest absolute Gasteiger partial charge is 0.497 e. The van der Waals surface area contributed by atoms with Gasteiger partial charge in [-0.2, -0.15) is 0 Å². The highest BCUT2D eigenvalue weighted by Gasteiger charge is 2.33. The SMILES string of the molecule is CCC(C)(C)C(O)Cc1c(C(=O)C(C)(C)C)oc2ccc(OC)cc12. The summed E-state index contributed by atoms with van der Waals surface area (Å²) in [5, 5.41) is 11.6. The Morgan fingerprint density at radius 2 is 1.88 bits per heavy atom. The Morgan fingerprint density at radius 3 is 2.40 bits per heavy atom. The number of hydrogen-bond acceptors (Lipinski definition) is 4. The van der Waals surface area contributed by atoms with Crippen molar-refractivity contribution >= 4 is 16.8 Å². The number of furan rings is 1. The third-order valence-electron chi connectivity index (χ3n) is 5.10. The summed E-state index contributed by atoms with van der Waals surface area (Å²) in [5.41, 5.74) is 0.607. The zero-order chi connectivity index (χ0) is 19.0. The van der Waals surface area contributed by atoms with Crippen LogP contribution in [0.1, 0.15) is 64.1 Å². The summed E-state index contributed by atoms with van der Waals surface area (Å²) in [4.78, 5) is 12.9. The van der Waals surface area contributed by atoms with E-state index in [1.54, 1.807) is 7.11 Å². The minimum atomic E-state index is -0.573. The van der Waals surface area contributed by atoms with Gasteiger partial charge in [0, 0.05) is 22.8 Å². The Labute approximate surface area is 150 Å². The molecule has 0 aliphatic heterocycles. The van der Waals surface area contributed by atoms with E-state index in [0.29, 0.717) is 23.5 Å². The molecule has 0 amide bonds. The summed E-state index contributed by atoms with van der Waals surface area (Å²) in [7, 11) is 1.61. The van der Waals surface area contributed by atoms with Crippen LogP contribution in [0.25, 0.3) is 11.0 Å². The highest BCUT2D eigenvalue weighted by atomic mass is 16.5. The molecular weight excluding hydrogens is 316 g/mol. The normalized spacial score (nSPS) is 13.9. The van der Waals surface area contributed by atoms with Gasteiger partial charge in [0.05, 0.1) is 13.2 Å². The second-order valence-electron chi connectivity index (χ2n) is 8.41. The average molecular weight is 346 g/mol. The van der Waals surface area contributed by atoms with Gasteiger partial charge in [-0.05, 0) is 30.0 Å². The van der Waals surface area contributed by atoms with E-state index in [2.05, 4.69) is 6.92 Å². The molecule has 1 atom stereocenters. The number of rotatable bonds is 6. The Balaban J connectivity index is 2.62. The number of fused-ring (bicyclic) bond motifs is 1. The summed E-state index contributed by atoms with van der Waals surface area (Å²) >= 11 is 0. The monoisotopic (exact) mass is 346 g/mol. The number of carbonyl (C=O) groups excluding carboxylic acids is 1. The van der Waals surface area contributed by atoms with Crippen LogP contribution < -0.4 is 4.74 Å². The fraction of sp³-hybridized carbons (Fsp3) is 0.571. The molecule has 0 aliphatic rings. The zero-order valence-corrected chi connectivity index (χ0v) is 16.4. The average Bonchev–Trinajstić information content (AvgIpc) is 2.90. The van der Waals surface area contributed by atoms with E-state index in [1.165, 1.54) is 0 Å². The predicted molar refractivity (Wildman–Crippen MR) is 100 cm³/mol. The molecule has 2 rings (SSSR count). The van der Waals surface area contributed by atoms with Crippen molar-refractivity contribution in [2.75, 3.05) is 7.11 Å². The molecule has 2 aromatic rings. The van der Waals surface area contributed by atoms with Crippen LogP contribution in [-0.2, 0) is 6.42 Å². The first kappa shape index (κ1) is 19.5. The number of methoxy groups -OCH3 is 1. The van der Waals surface area contributed by atoms with Gasteiger partial charge in [-0.1, -0.05) is 41.5 Å². The van der Waals surface area contributed by atoms with E-state index in [1.807, 2.05) is 52.8 Å². The quantitative estimate of drug-likeness (QED) is 0.747. The number of Topliss-reactive ketones (excluding diaryl/α,β-unsaturated/α-hetero) is 1. The Morgan fingerprint density at radius 1 is 1.24 bits per heavy atom. The first-order valence-corrected chi connectivity index (χ1v) is 8.83. The van der Waals surface area contributed by atoms with Crippen molar-refractivity contribution in [3.63, 3.8) is 0 Å². The van der Waals surface area contributed by atoms with Gasteiger partial charge < -0.3 is 14.3 Å². The molecule has 1 aromatic heterocycles. The smallest absolute Gasteiger partial charge is 0.203 e. The molecule has 0 radical (unpaired) electrons. The number of ether oxygens (including phenoxy) is 1. The molecule has 4 heteroatoms. The Kier molecular flexibility index (Phi) is 5.33. The van der Waals surface area contributed by atoms with Crippen molar-refractivity contribution < 1.29 is 19.1 Å². The molecule has 0 saturated carbocycles. The molecule has 0 spiro atoms. The second kappa shape index (κ2) is 6.83. The second-order valence-corrected chi connectivity index (χ2v) is 8.41. The number of hydrogen-bond donors (Lipinski definition) is 1. The first-order valence-electron chi connectivity index (χ1n) is 8.83. The van der Waals surface area contributed by atoms with Gasteiger partial charge in [0.2, 0.25) is 5.78 Å². The number of benzene rings is 1. The van der Waals surface area contributed by atoms with E-state index in [4.69, 9.17) is 9.15 Å². The molecule has 1 unspecified atom stereocenters. The van der Waals surface area contributed by atoms with Crippen molar-refractivity contribution in [1.82, 2.24) is 0 Å². The summed E-state index contributed by atoms with van der Waals surface area (Å²) in [6.45, 7) is 11.7. The summed E-state index contributed by atoms with van der Waals surface area (Å²) in [5.74, 6) is 0.995. The van der Waals surface area contributed by atoms with E-state index in [-0.39, 0.29) is 11.2 Å². The molecule has 138 valence electrons. The van der Waals surface area contributed by atoms with Crippen LogP contribution in [0, 0.1) is 10.8 Å². The highest BCUT2D eigenvalue weighted by molar-refractivity contribution is 6.03. The summed E-state index contributed by atoms with van der Waals surface area (Å²) < 4.78 is 11.2. The van der Waals surface area contributed by atoms with Crippen LogP contribution in [0.2, 0.25) is 0 Å². The van der Waals surface area contributed by atoms with E-state index in [9.17, 15) is 9.90 Å².